The zero-order valence-corrected chi connectivity index (χ0v) is 7.69. The van der Waals surface area contributed by atoms with Crippen LogP contribution >= 0.6 is 0 Å². The number of hydrogen-bond donors (Lipinski definition) is 1. The first-order chi connectivity index (χ1) is 3.91. The van der Waals surface area contributed by atoms with Crippen LogP contribution in [0.1, 0.15) is 25.7 Å². The third kappa shape index (κ3) is 6.52. The molecule has 0 fully saturated rings. The Labute approximate surface area is 60.0 Å². The van der Waals surface area contributed by atoms with Crippen LogP contribution in [0, 0.1) is 0 Å². The van der Waals surface area contributed by atoms with Gasteiger partial charge in [0.2, 0.25) is 0 Å². The topological polar surface area (TPSA) is 20.2 Å². The average molecular weight is 178 g/mol. The Hall–Kier alpha value is 0.518. The van der Waals surface area contributed by atoms with Gasteiger partial charge in [-0.2, -0.15) is 0 Å². The van der Waals surface area contributed by atoms with Crippen LogP contribution in [0.2, 0.25) is 5.21 Å². The van der Waals surface area contributed by atoms with Gasteiger partial charge in [-0.15, -0.1) is 0 Å². The van der Waals surface area contributed by atoms with Crippen molar-refractivity contribution in [3.05, 3.63) is 0 Å². The molecular formula is C6H15AsO. The van der Waals surface area contributed by atoms with Crippen LogP contribution in [0.5, 0.6) is 0 Å². The Morgan fingerprint density at radius 3 is 2.12 bits per heavy atom. The number of aliphatic hydroxyl groups excluding tert-OH is 1. The van der Waals surface area contributed by atoms with Gasteiger partial charge < -0.3 is 0 Å². The maximum atomic E-state index is 8.37. The monoisotopic (exact) mass is 178 g/mol. The molecule has 50 valence electrons. The fourth-order valence-electron chi connectivity index (χ4n) is 0.610. The Kier molecular flexibility index (Phi) is 8.01. The molecule has 2 heteroatoms. The van der Waals surface area contributed by atoms with Gasteiger partial charge in [-0.3, -0.25) is 0 Å². The van der Waals surface area contributed by atoms with Crippen LogP contribution in [0.15, 0.2) is 0 Å². The summed E-state index contributed by atoms with van der Waals surface area (Å²) in [5.74, 6) is 0. The van der Waals surface area contributed by atoms with E-state index >= 15 is 0 Å². The van der Waals surface area contributed by atoms with Gasteiger partial charge in [0.05, 0.1) is 0 Å². The predicted octanol–water partition coefficient (Wildman–Crippen LogP) is 0.590. The molecule has 0 radical (unpaired) electrons. The molecular weight excluding hydrogens is 163 g/mol. The molecule has 1 atom stereocenters. The molecule has 8 heavy (non-hydrogen) atoms. The standard InChI is InChI=1S/C6H15AsO/c7-5-3-1-2-4-6-8/h8H,1-7H2. The summed E-state index contributed by atoms with van der Waals surface area (Å²) in [6.45, 7) is 0.370. The third-order valence-corrected chi connectivity index (χ3v) is 1.97. The summed E-state index contributed by atoms with van der Waals surface area (Å²) in [7, 11) is 0. The second kappa shape index (κ2) is 7.52. The first-order valence-electron chi connectivity index (χ1n) is 3.22. The van der Waals surface area contributed by atoms with Gasteiger partial charge in [0, 0.05) is 0 Å². The molecule has 0 bridgehead atoms. The average Bonchev–Trinajstić information content (AvgIpc) is 1.81. The molecule has 1 N–H and O–H groups in total. The van der Waals surface area contributed by atoms with E-state index in [0.29, 0.717) is 6.61 Å². The predicted molar refractivity (Wildman–Crippen MR) is 38.9 cm³/mol. The molecule has 0 spiro atoms. The maximum absolute atomic E-state index is 8.37. The molecule has 0 aromatic carbocycles. The van der Waals surface area contributed by atoms with Crippen LogP contribution in [-0.2, 0) is 0 Å². The molecule has 0 aliphatic heterocycles. The summed E-state index contributed by atoms with van der Waals surface area (Å²) in [5, 5.41) is 9.72. The van der Waals surface area contributed by atoms with Crippen molar-refractivity contribution in [2.75, 3.05) is 6.61 Å². The van der Waals surface area contributed by atoms with E-state index in [1.807, 2.05) is 16.9 Å². The Balaban J connectivity index is 2.53. The van der Waals surface area contributed by atoms with Crippen LogP contribution in [-0.4, -0.2) is 28.6 Å². The summed E-state index contributed by atoms with van der Waals surface area (Å²) in [4.78, 5) is 0. The first kappa shape index (κ1) is 8.52. The minimum absolute atomic E-state index is 0.370. The second-order valence-electron chi connectivity index (χ2n) is 1.93. The molecule has 0 aromatic rings. The SMILES string of the molecule is OCCCCCC[AsH2]. The van der Waals surface area contributed by atoms with Crippen LogP contribution in [0.25, 0.3) is 0 Å². The van der Waals surface area contributed by atoms with Gasteiger partial charge in [0.15, 0.2) is 0 Å². The van der Waals surface area contributed by atoms with Gasteiger partial charge in [-0.05, 0) is 0 Å². The normalized spacial score (nSPS) is 9.75. The molecule has 0 rings (SSSR count). The number of aliphatic hydroxyl groups is 1. The van der Waals surface area contributed by atoms with E-state index in [1.165, 1.54) is 24.5 Å². The Morgan fingerprint density at radius 1 is 1.00 bits per heavy atom. The molecule has 0 saturated carbocycles. The molecule has 0 aromatic heterocycles. The molecule has 1 nitrogen and oxygen atoms in total. The molecule has 0 aliphatic carbocycles. The Morgan fingerprint density at radius 2 is 1.62 bits per heavy atom. The van der Waals surface area contributed by atoms with Crippen molar-refractivity contribution in [3.63, 3.8) is 0 Å². The molecule has 0 amide bonds. The third-order valence-electron chi connectivity index (χ3n) is 1.11. The summed E-state index contributed by atoms with van der Waals surface area (Å²) in [5.41, 5.74) is 0. The van der Waals surface area contributed by atoms with Crippen molar-refractivity contribution in [1.82, 2.24) is 0 Å². The second-order valence-corrected chi connectivity index (χ2v) is 3.14. The zero-order valence-electron chi connectivity index (χ0n) is 5.27. The van der Waals surface area contributed by atoms with Crippen molar-refractivity contribution in [2.45, 2.75) is 30.9 Å². The van der Waals surface area contributed by atoms with E-state index in [9.17, 15) is 0 Å². The summed E-state index contributed by atoms with van der Waals surface area (Å²) in [6, 6.07) is 0. The molecule has 0 aliphatic rings. The van der Waals surface area contributed by atoms with Gasteiger partial charge in [-0.25, -0.2) is 0 Å². The molecule has 1 unspecified atom stereocenters. The van der Waals surface area contributed by atoms with E-state index in [0.717, 1.165) is 6.42 Å². The first-order valence-corrected chi connectivity index (χ1v) is 4.94. The van der Waals surface area contributed by atoms with Crippen LogP contribution in [0.4, 0.5) is 0 Å². The fraction of sp³-hybridized carbons (Fsp3) is 1.00. The van der Waals surface area contributed by atoms with Gasteiger partial charge in [-0.1, -0.05) is 0 Å². The summed E-state index contributed by atoms with van der Waals surface area (Å²) < 4.78 is 0. The van der Waals surface area contributed by atoms with Crippen LogP contribution < -0.4 is 0 Å². The quantitative estimate of drug-likeness (QED) is 0.482. The summed E-state index contributed by atoms with van der Waals surface area (Å²) >= 11 is 1.81. The number of rotatable bonds is 5. The van der Waals surface area contributed by atoms with Crippen molar-refractivity contribution < 1.29 is 5.11 Å². The molecule has 0 saturated heterocycles. The zero-order chi connectivity index (χ0) is 6.24. The van der Waals surface area contributed by atoms with Crippen molar-refractivity contribution in [1.29, 1.82) is 0 Å². The van der Waals surface area contributed by atoms with E-state index < -0.39 is 0 Å². The van der Waals surface area contributed by atoms with E-state index in [2.05, 4.69) is 0 Å². The number of unbranched alkanes of at least 4 members (excludes halogenated alkanes) is 3. The molecule has 0 heterocycles. The summed E-state index contributed by atoms with van der Waals surface area (Å²) in [6.07, 6.45) is 4.85. The van der Waals surface area contributed by atoms with Crippen molar-refractivity contribution in [2.24, 2.45) is 0 Å². The van der Waals surface area contributed by atoms with E-state index in [1.54, 1.807) is 0 Å². The van der Waals surface area contributed by atoms with E-state index in [4.69, 9.17) is 5.11 Å². The van der Waals surface area contributed by atoms with Gasteiger partial charge in [0.1, 0.15) is 0 Å². The van der Waals surface area contributed by atoms with Crippen molar-refractivity contribution in [3.8, 4) is 0 Å². The van der Waals surface area contributed by atoms with Gasteiger partial charge in [0.25, 0.3) is 0 Å². The van der Waals surface area contributed by atoms with Crippen molar-refractivity contribution >= 4 is 16.9 Å². The van der Waals surface area contributed by atoms with E-state index in [-0.39, 0.29) is 0 Å². The minimum atomic E-state index is 0.370. The van der Waals surface area contributed by atoms with Gasteiger partial charge >= 0.3 is 59.5 Å². The van der Waals surface area contributed by atoms with Crippen LogP contribution in [0.3, 0.4) is 0 Å². The Bertz CT molecular complexity index is 33.5. The number of hydrogen-bond acceptors (Lipinski definition) is 1. The fourth-order valence-corrected chi connectivity index (χ4v) is 1.22.